The highest BCUT2D eigenvalue weighted by molar-refractivity contribution is 6.38. The number of amides is 4. The van der Waals surface area contributed by atoms with E-state index in [0.717, 1.165) is 19.3 Å². The summed E-state index contributed by atoms with van der Waals surface area (Å²) in [5.41, 5.74) is -0.347. The molecule has 250 valence electrons. The monoisotopic (exact) mass is 626 g/mol. The van der Waals surface area contributed by atoms with Gasteiger partial charge >= 0.3 is 6.09 Å². The number of hydrogen-bond acceptors (Lipinski definition) is 6. The minimum Gasteiger partial charge on any atom is -0.444 e. The van der Waals surface area contributed by atoms with Crippen LogP contribution in [0.4, 0.5) is 4.79 Å². The molecule has 10 heteroatoms. The van der Waals surface area contributed by atoms with Crippen molar-refractivity contribution < 1.29 is 28.7 Å². The van der Waals surface area contributed by atoms with Gasteiger partial charge in [0.05, 0.1) is 6.04 Å². The van der Waals surface area contributed by atoms with Crippen molar-refractivity contribution in [2.75, 3.05) is 13.1 Å². The number of piperidine rings is 1. The molecular formula is C35H54N4O6. The largest absolute Gasteiger partial charge is 0.444 e. The molecule has 0 aromatic heterocycles. The van der Waals surface area contributed by atoms with Crippen molar-refractivity contribution in [3.05, 3.63) is 35.9 Å². The summed E-state index contributed by atoms with van der Waals surface area (Å²) >= 11 is 0. The standard InChI is InChI=1S/C35H54N4O6/c1-10-16-24(27(40)30(42)36-20-15-14-19-22-17-12-11-13-18-22)37-29(41)26-25-23(35(25,8)9)21-39(26)31(43)28(33(2,3)4)38-32(44)45-34(5,6)7/h11-13,17-18,23-26,28H,10,14-16,19-21H2,1-9H3,(H,36,42)(H,37,41)(H,38,44)/t23?,24?,25?,26?,28-/m1/s1. The van der Waals surface area contributed by atoms with Crippen molar-refractivity contribution in [2.45, 2.75) is 118 Å². The lowest BCUT2D eigenvalue weighted by atomic mass is 9.85. The number of ether oxygens (including phenoxy) is 1. The van der Waals surface area contributed by atoms with Gasteiger partial charge in [-0.3, -0.25) is 19.2 Å². The Labute approximate surface area is 268 Å². The molecule has 10 nitrogen and oxygen atoms in total. The molecule has 1 aliphatic heterocycles. The Hall–Kier alpha value is -3.43. The quantitative estimate of drug-likeness (QED) is 0.220. The maximum Gasteiger partial charge on any atom is 0.408 e. The zero-order chi connectivity index (χ0) is 33.7. The molecule has 1 saturated heterocycles. The van der Waals surface area contributed by atoms with Crippen LogP contribution in [0.25, 0.3) is 0 Å². The lowest BCUT2D eigenvalue weighted by Crippen LogP contribution is -2.60. The maximum atomic E-state index is 14.0. The Balaban J connectivity index is 1.68. The average molecular weight is 627 g/mol. The van der Waals surface area contributed by atoms with Crippen LogP contribution in [0, 0.1) is 22.7 Å². The fourth-order valence-corrected chi connectivity index (χ4v) is 6.41. The molecular weight excluding hydrogens is 572 g/mol. The first kappa shape index (κ1) is 36.0. The van der Waals surface area contributed by atoms with Crippen molar-refractivity contribution in [2.24, 2.45) is 22.7 Å². The number of rotatable bonds is 13. The Bertz CT molecular complexity index is 1230. The minimum atomic E-state index is -0.997. The van der Waals surface area contributed by atoms with Crippen molar-refractivity contribution in [3.8, 4) is 0 Å². The van der Waals surface area contributed by atoms with E-state index in [9.17, 15) is 24.0 Å². The number of ketones is 1. The predicted octanol–water partition coefficient (Wildman–Crippen LogP) is 4.40. The van der Waals surface area contributed by atoms with E-state index in [1.54, 1.807) is 25.7 Å². The molecule has 1 heterocycles. The van der Waals surface area contributed by atoms with E-state index in [4.69, 9.17) is 4.74 Å². The third-order valence-corrected chi connectivity index (χ3v) is 8.99. The number of benzene rings is 1. The molecule has 5 atom stereocenters. The highest BCUT2D eigenvalue weighted by Crippen LogP contribution is 2.65. The number of carbonyl (C=O) groups is 5. The van der Waals surface area contributed by atoms with Gasteiger partial charge in [-0.1, -0.05) is 78.3 Å². The number of carbonyl (C=O) groups excluding carboxylic acids is 5. The van der Waals surface area contributed by atoms with Crippen LogP contribution in [0.2, 0.25) is 0 Å². The Kier molecular flexibility index (Phi) is 11.5. The van der Waals surface area contributed by atoms with E-state index in [2.05, 4.69) is 41.9 Å². The summed E-state index contributed by atoms with van der Waals surface area (Å²) in [5.74, 6) is -2.21. The van der Waals surface area contributed by atoms with Crippen molar-refractivity contribution in [3.63, 3.8) is 0 Å². The van der Waals surface area contributed by atoms with Gasteiger partial charge in [0.15, 0.2) is 0 Å². The number of nitrogens with one attached hydrogen (secondary N) is 3. The number of alkyl carbamates (subject to hydrolysis) is 1. The number of hydrogen-bond donors (Lipinski definition) is 3. The van der Waals surface area contributed by atoms with E-state index in [0.29, 0.717) is 25.9 Å². The third kappa shape index (κ3) is 9.30. The second-order valence-corrected chi connectivity index (χ2v) is 15.2. The van der Waals surface area contributed by atoms with Crippen LogP contribution in [-0.4, -0.2) is 71.3 Å². The molecule has 1 aromatic rings. The first-order valence-corrected chi connectivity index (χ1v) is 16.3. The lowest BCUT2D eigenvalue weighted by Gasteiger charge is -2.38. The topological polar surface area (TPSA) is 134 Å². The van der Waals surface area contributed by atoms with Crippen LogP contribution < -0.4 is 16.0 Å². The van der Waals surface area contributed by atoms with Crippen LogP contribution in [0.1, 0.15) is 93.6 Å². The van der Waals surface area contributed by atoms with E-state index >= 15 is 0 Å². The number of fused-ring (bicyclic) bond motifs is 1. The van der Waals surface area contributed by atoms with Crippen molar-refractivity contribution >= 4 is 29.6 Å². The van der Waals surface area contributed by atoms with Crippen LogP contribution in [-0.2, 0) is 30.3 Å². The Morgan fingerprint density at radius 3 is 2.20 bits per heavy atom. The molecule has 1 aromatic carbocycles. The Morgan fingerprint density at radius 1 is 0.978 bits per heavy atom. The molecule has 45 heavy (non-hydrogen) atoms. The van der Waals surface area contributed by atoms with Crippen molar-refractivity contribution in [1.29, 1.82) is 0 Å². The number of likely N-dealkylation sites (tertiary alicyclic amines) is 1. The molecule has 0 spiro atoms. The summed E-state index contributed by atoms with van der Waals surface area (Å²) in [7, 11) is 0. The molecule has 1 saturated carbocycles. The summed E-state index contributed by atoms with van der Waals surface area (Å²) in [4.78, 5) is 68.2. The minimum absolute atomic E-state index is 0.0978. The molecule has 2 fully saturated rings. The summed E-state index contributed by atoms with van der Waals surface area (Å²) in [5, 5.41) is 8.30. The number of nitrogens with zero attached hydrogens (tertiary/aromatic N) is 1. The Morgan fingerprint density at radius 2 is 1.62 bits per heavy atom. The number of Topliss-reactive ketones (excluding diaryl/α,β-unsaturated/α-hetero) is 1. The highest BCUT2D eigenvalue weighted by Gasteiger charge is 2.70. The van der Waals surface area contributed by atoms with Gasteiger partial charge in [-0.15, -0.1) is 0 Å². The first-order chi connectivity index (χ1) is 20.9. The summed E-state index contributed by atoms with van der Waals surface area (Å²) in [6, 6.07) is 7.32. The van der Waals surface area contributed by atoms with Gasteiger partial charge in [0, 0.05) is 13.1 Å². The first-order valence-electron chi connectivity index (χ1n) is 16.3. The molecule has 3 N–H and O–H groups in total. The van der Waals surface area contributed by atoms with Gasteiger partial charge in [-0.05, 0) is 74.7 Å². The summed E-state index contributed by atoms with van der Waals surface area (Å²) in [6.45, 7) is 17.5. The van der Waals surface area contributed by atoms with Gasteiger partial charge in [0.2, 0.25) is 17.6 Å². The van der Waals surface area contributed by atoms with Gasteiger partial charge < -0.3 is 25.6 Å². The second kappa shape index (κ2) is 14.3. The number of unbranched alkanes of at least 4 members (excludes halogenated alkanes) is 1. The molecule has 1 aliphatic carbocycles. The predicted molar refractivity (Wildman–Crippen MR) is 173 cm³/mol. The van der Waals surface area contributed by atoms with Crippen LogP contribution in [0.5, 0.6) is 0 Å². The van der Waals surface area contributed by atoms with E-state index in [-0.39, 0.29) is 23.2 Å². The van der Waals surface area contributed by atoms with Gasteiger partial charge in [-0.25, -0.2) is 4.79 Å². The molecule has 0 bridgehead atoms. The highest BCUT2D eigenvalue weighted by atomic mass is 16.6. The zero-order valence-electron chi connectivity index (χ0n) is 28.6. The van der Waals surface area contributed by atoms with Crippen LogP contribution in [0.15, 0.2) is 30.3 Å². The number of aryl methyl sites for hydroxylation is 1. The lowest BCUT2D eigenvalue weighted by molar-refractivity contribution is -0.145. The van der Waals surface area contributed by atoms with E-state index < -0.39 is 52.8 Å². The SMILES string of the molecule is CCCC(NC(=O)C1C2C(CN1C(=O)[C@@H](NC(=O)OC(C)(C)C)C(C)(C)C)C2(C)C)C(=O)C(=O)NCCCCc1ccccc1. The van der Waals surface area contributed by atoms with E-state index in [1.807, 2.05) is 45.9 Å². The van der Waals surface area contributed by atoms with Crippen LogP contribution >= 0.6 is 0 Å². The van der Waals surface area contributed by atoms with Crippen LogP contribution in [0.3, 0.4) is 0 Å². The van der Waals surface area contributed by atoms with Gasteiger partial charge in [-0.2, -0.15) is 0 Å². The van der Waals surface area contributed by atoms with Gasteiger partial charge in [0.25, 0.3) is 5.91 Å². The zero-order valence-corrected chi connectivity index (χ0v) is 28.6. The maximum absolute atomic E-state index is 14.0. The fraction of sp³-hybridized carbons (Fsp3) is 0.686. The molecule has 4 unspecified atom stereocenters. The fourth-order valence-electron chi connectivity index (χ4n) is 6.41. The summed E-state index contributed by atoms with van der Waals surface area (Å²) in [6.07, 6.45) is 2.66. The van der Waals surface area contributed by atoms with Gasteiger partial charge in [0.1, 0.15) is 17.7 Å². The second-order valence-electron chi connectivity index (χ2n) is 15.2. The third-order valence-electron chi connectivity index (χ3n) is 8.99. The average Bonchev–Trinajstić information content (AvgIpc) is 3.26. The normalized spacial score (nSPS) is 21.6. The molecule has 0 radical (unpaired) electrons. The molecule has 2 aliphatic rings. The summed E-state index contributed by atoms with van der Waals surface area (Å²) < 4.78 is 5.43. The van der Waals surface area contributed by atoms with Crippen molar-refractivity contribution in [1.82, 2.24) is 20.9 Å². The molecule has 4 amide bonds. The smallest absolute Gasteiger partial charge is 0.408 e. The van der Waals surface area contributed by atoms with E-state index in [1.165, 1.54) is 5.56 Å². The molecule has 3 rings (SSSR count).